The third kappa shape index (κ3) is 6.05. The van der Waals surface area contributed by atoms with Gasteiger partial charge >= 0.3 is 0 Å². The lowest BCUT2D eigenvalue weighted by atomic mass is 9.92. The monoisotopic (exact) mass is 483 g/mol. The predicted octanol–water partition coefficient (Wildman–Crippen LogP) is 1.20. The third-order valence-electron chi connectivity index (χ3n) is 6.43. The highest BCUT2D eigenvalue weighted by Gasteiger charge is 2.46. The number of Topliss-reactive ketones (excluding diaryl/α,β-unsaturated/α-hetero) is 1. The number of hydrogen-bond acceptors (Lipinski definition) is 7. The van der Waals surface area contributed by atoms with E-state index in [9.17, 15) is 19.5 Å². The predicted molar refractivity (Wildman–Crippen MR) is 131 cm³/mol. The standard InChI is InChI=1S/C26H33N3O6/c1-26(23(31)18-30,25(33)27-2)28(3)24(32)21-6-4-19(5-7-21)20-8-10-22(11-9-20)35-17-14-29-12-15-34-16-13-29/h4-11,30H,12-18H2,1-3H3,(H,27,33)/t26-/m1/s1. The normalized spacial score (nSPS) is 15.7. The number of carbonyl (C=O) groups is 3. The van der Waals surface area contributed by atoms with Crippen LogP contribution in [0.4, 0.5) is 0 Å². The van der Waals surface area contributed by atoms with Crippen LogP contribution >= 0.6 is 0 Å². The summed E-state index contributed by atoms with van der Waals surface area (Å²) in [6.45, 7) is 5.33. The van der Waals surface area contributed by atoms with Gasteiger partial charge < -0.3 is 24.8 Å². The van der Waals surface area contributed by atoms with Gasteiger partial charge in [-0.1, -0.05) is 24.3 Å². The van der Waals surface area contributed by atoms with Gasteiger partial charge in [-0.05, 0) is 42.3 Å². The van der Waals surface area contributed by atoms with Crippen molar-refractivity contribution in [2.75, 3.05) is 60.2 Å². The van der Waals surface area contributed by atoms with E-state index in [1.54, 1.807) is 24.3 Å². The van der Waals surface area contributed by atoms with Crippen molar-refractivity contribution in [2.24, 2.45) is 0 Å². The molecule has 1 saturated heterocycles. The number of likely N-dealkylation sites (N-methyl/N-ethyl adjacent to an activating group) is 2. The van der Waals surface area contributed by atoms with E-state index >= 15 is 0 Å². The molecule has 188 valence electrons. The first-order valence-electron chi connectivity index (χ1n) is 11.6. The molecular formula is C26H33N3O6. The molecule has 1 aliphatic heterocycles. The molecule has 0 radical (unpaired) electrons. The zero-order valence-corrected chi connectivity index (χ0v) is 20.5. The van der Waals surface area contributed by atoms with Crippen LogP contribution in [-0.4, -0.2) is 98.2 Å². The molecule has 1 heterocycles. The molecule has 0 spiro atoms. The molecule has 2 aromatic carbocycles. The number of ketones is 1. The Balaban J connectivity index is 1.64. The topological polar surface area (TPSA) is 108 Å². The van der Waals surface area contributed by atoms with Crippen molar-refractivity contribution >= 4 is 17.6 Å². The van der Waals surface area contributed by atoms with Gasteiger partial charge in [0, 0.05) is 39.3 Å². The summed E-state index contributed by atoms with van der Waals surface area (Å²) in [5.41, 5.74) is 0.366. The Kier molecular flexibility index (Phi) is 8.97. The summed E-state index contributed by atoms with van der Waals surface area (Å²) in [5.74, 6) is -1.15. The number of nitrogens with one attached hydrogen (secondary N) is 1. The summed E-state index contributed by atoms with van der Waals surface area (Å²) < 4.78 is 11.2. The number of aliphatic hydroxyl groups is 1. The molecule has 35 heavy (non-hydrogen) atoms. The number of amides is 2. The summed E-state index contributed by atoms with van der Waals surface area (Å²) in [6, 6.07) is 14.6. The van der Waals surface area contributed by atoms with E-state index in [0.29, 0.717) is 12.2 Å². The fourth-order valence-electron chi connectivity index (χ4n) is 3.93. The van der Waals surface area contributed by atoms with Gasteiger partial charge in [0.1, 0.15) is 19.0 Å². The van der Waals surface area contributed by atoms with Gasteiger partial charge in [0.05, 0.1) is 13.2 Å². The van der Waals surface area contributed by atoms with Crippen LogP contribution in [0.5, 0.6) is 5.75 Å². The Morgan fingerprint density at radius 3 is 2.17 bits per heavy atom. The summed E-state index contributed by atoms with van der Waals surface area (Å²) in [4.78, 5) is 41.1. The van der Waals surface area contributed by atoms with Crippen LogP contribution in [0.25, 0.3) is 11.1 Å². The molecule has 0 saturated carbocycles. The number of aliphatic hydroxyl groups excluding tert-OH is 1. The molecule has 2 N–H and O–H groups in total. The molecule has 0 bridgehead atoms. The van der Waals surface area contributed by atoms with Crippen molar-refractivity contribution in [1.29, 1.82) is 0 Å². The lowest BCUT2D eigenvalue weighted by molar-refractivity contribution is -0.143. The zero-order valence-electron chi connectivity index (χ0n) is 20.5. The third-order valence-corrected chi connectivity index (χ3v) is 6.43. The largest absolute Gasteiger partial charge is 0.492 e. The first-order chi connectivity index (χ1) is 16.8. The number of morpholine rings is 1. The smallest absolute Gasteiger partial charge is 0.254 e. The van der Waals surface area contributed by atoms with Gasteiger partial charge in [0.25, 0.3) is 11.8 Å². The minimum atomic E-state index is -1.82. The minimum absolute atomic E-state index is 0.320. The van der Waals surface area contributed by atoms with Gasteiger partial charge in [-0.25, -0.2) is 0 Å². The Morgan fingerprint density at radius 1 is 1.06 bits per heavy atom. The maximum atomic E-state index is 13.0. The molecule has 1 fully saturated rings. The van der Waals surface area contributed by atoms with E-state index in [-0.39, 0.29) is 0 Å². The van der Waals surface area contributed by atoms with Crippen molar-refractivity contribution in [2.45, 2.75) is 12.5 Å². The van der Waals surface area contributed by atoms with E-state index in [1.165, 1.54) is 21.0 Å². The lowest BCUT2D eigenvalue weighted by Gasteiger charge is -2.35. The van der Waals surface area contributed by atoms with Gasteiger partial charge in [0.2, 0.25) is 0 Å². The van der Waals surface area contributed by atoms with Crippen molar-refractivity contribution in [3.05, 3.63) is 54.1 Å². The van der Waals surface area contributed by atoms with Crippen LogP contribution in [-0.2, 0) is 14.3 Å². The van der Waals surface area contributed by atoms with E-state index in [0.717, 1.165) is 54.6 Å². The molecule has 9 nitrogen and oxygen atoms in total. The number of carbonyl (C=O) groups excluding carboxylic acids is 3. The Labute approximate surface area is 205 Å². The number of hydrogen-bond donors (Lipinski definition) is 2. The highest BCUT2D eigenvalue weighted by atomic mass is 16.5. The van der Waals surface area contributed by atoms with Crippen LogP contribution in [0.2, 0.25) is 0 Å². The molecule has 0 aromatic heterocycles. The zero-order chi connectivity index (χ0) is 25.4. The Morgan fingerprint density at radius 2 is 1.63 bits per heavy atom. The maximum Gasteiger partial charge on any atom is 0.254 e. The number of rotatable bonds is 10. The number of benzene rings is 2. The molecular weight excluding hydrogens is 450 g/mol. The first-order valence-corrected chi connectivity index (χ1v) is 11.6. The van der Waals surface area contributed by atoms with Crippen molar-refractivity contribution in [3.8, 4) is 16.9 Å². The number of nitrogens with zero attached hydrogens (tertiary/aromatic N) is 2. The van der Waals surface area contributed by atoms with Crippen LogP contribution < -0.4 is 10.1 Å². The van der Waals surface area contributed by atoms with Crippen LogP contribution in [0, 0.1) is 0 Å². The van der Waals surface area contributed by atoms with Crippen LogP contribution in [0.3, 0.4) is 0 Å². The fourth-order valence-corrected chi connectivity index (χ4v) is 3.93. The van der Waals surface area contributed by atoms with E-state index in [1.807, 2.05) is 24.3 Å². The van der Waals surface area contributed by atoms with Crippen LogP contribution in [0.15, 0.2) is 48.5 Å². The van der Waals surface area contributed by atoms with Gasteiger partial charge in [0.15, 0.2) is 11.3 Å². The second kappa shape index (κ2) is 11.9. The fraction of sp³-hybridized carbons (Fsp3) is 0.423. The first kappa shape index (κ1) is 26.3. The van der Waals surface area contributed by atoms with E-state index < -0.39 is 29.7 Å². The highest BCUT2D eigenvalue weighted by molar-refractivity contribution is 6.14. The van der Waals surface area contributed by atoms with Crippen molar-refractivity contribution in [1.82, 2.24) is 15.1 Å². The Hall–Kier alpha value is -3.27. The summed E-state index contributed by atoms with van der Waals surface area (Å²) in [5, 5.41) is 11.7. The van der Waals surface area contributed by atoms with Gasteiger partial charge in [-0.2, -0.15) is 0 Å². The minimum Gasteiger partial charge on any atom is -0.492 e. The second-order valence-electron chi connectivity index (χ2n) is 8.50. The molecule has 9 heteroatoms. The van der Waals surface area contributed by atoms with Crippen molar-refractivity contribution < 1.29 is 29.0 Å². The maximum absolute atomic E-state index is 13.0. The van der Waals surface area contributed by atoms with Crippen molar-refractivity contribution in [3.63, 3.8) is 0 Å². The molecule has 0 aliphatic carbocycles. The molecule has 2 amide bonds. The summed E-state index contributed by atoms with van der Waals surface area (Å²) in [6.07, 6.45) is 0. The molecule has 2 aromatic rings. The quantitative estimate of drug-likeness (QED) is 0.489. The number of ether oxygens (including phenoxy) is 2. The van der Waals surface area contributed by atoms with Gasteiger partial charge in [-0.15, -0.1) is 0 Å². The highest BCUT2D eigenvalue weighted by Crippen LogP contribution is 2.24. The Bertz CT molecular complexity index is 1000. The second-order valence-corrected chi connectivity index (χ2v) is 8.50. The SMILES string of the molecule is CNC(=O)[C@@](C)(C(=O)CO)N(C)C(=O)c1ccc(-c2ccc(OCCN3CCOCC3)cc2)cc1. The average Bonchev–Trinajstić information content (AvgIpc) is 2.91. The molecule has 1 aliphatic rings. The van der Waals surface area contributed by atoms with Gasteiger partial charge in [-0.3, -0.25) is 19.3 Å². The van der Waals surface area contributed by atoms with Crippen LogP contribution in [0.1, 0.15) is 17.3 Å². The summed E-state index contributed by atoms with van der Waals surface area (Å²) in [7, 11) is 2.75. The van der Waals surface area contributed by atoms with E-state index in [4.69, 9.17) is 9.47 Å². The van der Waals surface area contributed by atoms with E-state index in [2.05, 4.69) is 10.2 Å². The molecule has 3 rings (SSSR count). The summed E-state index contributed by atoms with van der Waals surface area (Å²) >= 11 is 0. The average molecular weight is 484 g/mol. The molecule has 0 unspecified atom stereocenters. The molecule has 1 atom stereocenters. The lowest BCUT2D eigenvalue weighted by Crippen LogP contribution is -2.62.